The summed E-state index contributed by atoms with van der Waals surface area (Å²) in [6.07, 6.45) is -0.448. The van der Waals surface area contributed by atoms with Crippen LogP contribution in [0.3, 0.4) is 0 Å². The van der Waals surface area contributed by atoms with Crippen LogP contribution < -0.4 is 5.32 Å². The van der Waals surface area contributed by atoms with Gasteiger partial charge in [0.15, 0.2) is 4.98 Å². The number of benzene rings is 2. The predicted octanol–water partition coefficient (Wildman–Crippen LogP) is 4.88. The Morgan fingerprint density at radius 1 is 1.12 bits per heavy atom. The van der Waals surface area contributed by atoms with Crippen LogP contribution in [0.25, 0.3) is 16.1 Å². The summed E-state index contributed by atoms with van der Waals surface area (Å²) in [6.45, 7) is 5.20. The van der Waals surface area contributed by atoms with Crippen LogP contribution in [0.4, 0.5) is 4.79 Å². The number of fused-ring (bicyclic) bond motifs is 3. The summed E-state index contributed by atoms with van der Waals surface area (Å²) in [5, 5.41) is 21.2. The SMILES string of the molecule is CC(C)(C)OC(=O)C[C@H](NC(=O)OCC1c2ccccc2-c2ccccc21)/C(O)=C/[N+]#N. The van der Waals surface area contributed by atoms with Crippen molar-refractivity contribution in [3.8, 4) is 11.1 Å². The van der Waals surface area contributed by atoms with E-state index >= 15 is 0 Å². The molecule has 2 aromatic rings. The van der Waals surface area contributed by atoms with Crippen LogP contribution in [0.1, 0.15) is 44.2 Å². The third-order valence-electron chi connectivity index (χ3n) is 4.97. The molecule has 1 aliphatic rings. The quantitative estimate of drug-likeness (QED) is 0.379. The average Bonchev–Trinajstić information content (AvgIpc) is 3.04. The third-order valence-corrected chi connectivity index (χ3v) is 4.97. The van der Waals surface area contributed by atoms with E-state index in [1.807, 2.05) is 48.5 Å². The van der Waals surface area contributed by atoms with Crippen molar-refractivity contribution in [3.05, 3.63) is 76.6 Å². The summed E-state index contributed by atoms with van der Waals surface area (Å²) in [5.74, 6) is -1.28. The molecule has 0 unspecified atom stereocenters. The number of amides is 1. The number of hydrogen-bond donors (Lipinski definition) is 2. The van der Waals surface area contributed by atoms with Crippen molar-refractivity contribution < 1.29 is 24.2 Å². The predicted molar refractivity (Wildman–Crippen MR) is 118 cm³/mol. The molecule has 1 amide bonds. The lowest BCUT2D eigenvalue weighted by Crippen LogP contribution is -2.40. The minimum atomic E-state index is -1.17. The van der Waals surface area contributed by atoms with E-state index in [0.29, 0.717) is 0 Å². The van der Waals surface area contributed by atoms with E-state index in [1.165, 1.54) is 0 Å². The largest absolute Gasteiger partial charge is 0.504 e. The normalized spacial score (nSPS) is 14.0. The highest BCUT2D eigenvalue weighted by atomic mass is 16.6. The molecule has 0 spiro atoms. The van der Waals surface area contributed by atoms with Gasteiger partial charge in [0.1, 0.15) is 18.2 Å². The summed E-state index contributed by atoms with van der Waals surface area (Å²) < 4.78 is 10.7. The van der Waals surface area contributed by atoms with Gasteiger partial charge in [-0.1, -0.05) is 48.5 Å². The van der Waals surface area contributed by atoms with E-state index in [4.69, 9.17) is 14.9 Å². The Hall–Kier alpha value is -3.86. The number of aliphatic hydroxyl groups is 1. The van der Waals surface area contributed by atoms with Gasteiger partial charge in [0.2, 0.25) is 11.2 Å². The fourth-order valence-electron chi connectivity index (χ4n) is 3.71. The van der Waals surface area contributed by atoms with Crippen molar-refractivity contribution >= 4 is 12.1 Å². The van der Waals surface area contributed by atoms with Gasteiger partial charge >= 0.3 is 18.3 Å². The van der Waals surface area contributed by atoms with Gasteiger partial charge in [0, 0.05) is 5.92 Å². The van der Waals surface area contributed by atoms with Crippen LogP contribution in [-0.4, -0.2) is 35.4 Å². The minimum absolute atomic E-state index is 0.0773. The molecule has 0 aromatic heterocycles. The van der Waals surface area contributed by atoms with Crippen LogP contribution in [0.5, 0.6) is 0 Å². The van der Waals surface area contributed by atoms with E-state index in [9.17, 15) is 14.7 Å². The fraction of sp³-hybridized carbons (Fsp3) is 0.333. The Kier molecular flexibility index (Phi) is 6.79. The summed E-state index contributed by atoms with van der Waals surface area (Å²) in [6, 6.07) is 14.7. The Balaban J connectivity index is 1.69. The zero-order valence-electron chi connectivity index (χ0n) is 18.2. The Morgan fingerprint density at radius 2 is 1.69 bits per heavy atom. The Labute approximate surface area is 186 Å². The van der Waals surface area contributed by atoms with Gasteiger partial charge in [-0.15, -0.1) is 0 Å². The van der Waals surface area contributed by atoms with Gasteiger partial charge in [-0.25, -0.2) is 4.79 Å². The number of esters is 1. The second-order valence-electron chi connectivity index (χ2n) is 8.48. The maximum absolute atomic E-state index is 12.5. The zero-order valence-corrected chi connectivity index (χ0v) is 18.2. The van der Waals surface area contributed by atoms with Crippen LogP contribution in [0.15, 0.2) is 60.5 Å². The zero-order chi connectivity index (χ0) is 23.3. The molecule has 2 N–H and O–H groups in total. The van der Waals surface area contributed by atoms with Crippen molar-refractivity contribution in [2.24, 2.45) is 0 Å². The molecule has 8 heteroatoms. The lowest BCUT2D eigenvalue weighted by Gasteiger charge is -2.22. The standard InChI is InChI=1S/C24H25N3O5/c1-24(2,3)32-22(29)12-20(21(28)13-26-25)27-23(30)31-14-19-17-10-6-4-8-15(17)16-9-5-7-11-18(16)19/h4-11,13,19-20H,12,14H2,1-3H3,(H-,27,28,30)/p+1/b21-13-/t20-/m0/s1. The van der Waals surface area contributed by atoms with Crippen LogP contribution in [-0.2, 0) is 14.3 Å². The second-order valence-corrected chi connectivity index (χ2v) is 8.48. The molecule has 3 rings (SSSR count). The summed E-state index contributed by atoms with van der Waals surface area (Å²) in [7, 11) is 0. The number of diazo groups is 1. The van der Waals surface area contributed by atoms with Gasteiger partial charge in [0.25, 0.3) is 0 Å². The van der Waals surface area contributed by atoms with Crippen LogP contribution >= 0.6 is 0 Å². The molecule has 0 heterocycles. The van der Waals surface area contributed by atoms with Crippen molar-refractivity contribution in [1.82, 2.24) is 5.32 Å². The molecule has 0 radical (unpaired) electrons. The van der Waals surface area contributed by atoms with Gasteiger partial charge in [-0.2, -0.15) is 0 Å². The first-order chi connectivity index (χ1) is 15.2. The molecule has 166 valence electrons. The highest BCUT2D eigenvalue weighted by molar-refractivity contribution is 5.79. The molecule has 8 nitrogen and oxygen atoms in total. The minimum Gasteiger partial charge on any atom is -0.504 e. The monoisotopic (exact) mass is 436 g/mol. The van der Waals surface area contributed by atoms with E-state index in [-0.39, 0.29) is 18.9 Å². The number of ether oxygens (including phenoxy) is 2. The second kappa shape index (κ2) is 9.52. The molecule has 2 aromatic carbocycles. The average molecular weight is 436 g/mol. The number of nitrogens with one attached hydrogen (secondary N) is 1. The molecule has 1 aliphatic carbocycles. The van der Waals surface area contributed by atoms with Crippen molar-refractivity contribution in [2.75, 3.05) is 6.61 Å². The van der Waals surface area contributed by atoms with E-state index in [2.05, 4.69) is 10.3 Å². The first kappa shape index (κ1) is 22.8. The van der Waals surface area contributed by atoms with E-state index in [0.717, 1.165) is 28.5 Å². The molecule has 0 aliphatic heterocycles. The fourth-order valence-corrected chi connectivity index (χ4v) is 3.71. The Morgan fingerprint density at radius 3 is 2.22 bits per heavy atom. The lowest BCUT2D eigenvalue weighted by molar-refractivity contribution is -0.155. The van der Waals surface area contributed by atoms with E-state index in [1.54, 1.807) is 20.8 Å². The molecule has 0 saturated carbocycles. The number of carbonyl (C=O) groups excluding carboxylic acids is 2. The molecular weight excluding hydrogens is 410 g/mol. The molecular formula is C24H26N3O5+. The van der Waals surface area contributed by atoms with Gasteiger partial charge in [0.05, 0.1) is 6.42 Å². The number of alkyl carbamates (subject to hydrolysis) is 1. The van der Waals surface area contributed by atoms with Crippen LogP contribution in [0, 0.1) is 5.39 Å². The summed E-state index contributed by atoms with van der Waals surface area (Å²) >= 11 is 0. The topological polar surface area (TPSA) is 113 Å². The van der Waals surface area contributed by atoms with Gasteiger partial charge in [-0.05, 0) is 43.0 Å². The van der Waals surface area contributed by atoms with Crippen molar-refractivity contribution in [3.63, 3.8) is 0 Å². The molecule has 32 heavy (non-hydrogen) atoms. The number of rotatable bonds is 6. The van der Waals surface area contributed by atoms with Crippen molar-refractivity contribution in [1.29, 1.82) is 5.39 Å². The number of nitrogens with zero attached hydrogens (tertiary/aromatic N) is 2. The van der Waals surface area contributed by atoms with Crippen LogP contribution in [0.2, 0.25) is 0 Å². The molecule has 1 atom stereocenters. The number of hydrogen-bond acceptors (Lipinski definition) is 6. The molecule has 0 saturated heterocycles. The highest BCUT2D eigenvalue weighted by Crippen LogP contribution is 2.44. The molecule has 0 bridgehead atoms. The first-order valence-corrected chi connectivity index (χ1v) is 10.3. The maximum Gasteiger partial charge on any atom is 0.407 e. The van der Waals surface area contributed by atoms with Gasteiger partial charge < -0.3 is 19.9 Å². The first-order valence-electron chi connectivity index (χ1n) is 10.3. The lowest BCUT2D eigenvalue weighted by atomic mass is 9.98. The maximum atomic E-state index is 12.5. The van der Waals surface area contributed by atoms with Crippen molar-refractivity contribution in [2.45, 2.75) is 44.8 Å². The number of aliphatic hydroxyl groups excluding tert-OH is 1. The summed E-state index contributed by atoms with van der Waals surface area (Å²) in [5.41, 5.74) is 3.60. The number of carbonyl (C=O) groups is 2. The molecule has 0 fully saturated rings. The smallest absolute Gasteiger partial charge is 0.407 e. The Bertz CT molecular complexity index is 1040. The third kappa shape index (κ3) is 5.43. The highest BCUT2D eigenvalue weighted by Gasteiger charge is 2.30. The van der Waals surface area contributed by atoms with Gasteiger partial charge in [-0.3, -0.25) is 4.79 Å². The van der Waals surface area contributed by atoms with E-state index < -0.39 is 29.5 Å². The summed E-state index contributed by atoms with van der Waals surface area (Å²) in [4.78, 5) is 27.4.